The van der Waals surface area contributed by atoms with E-state index in [-0.39, 0.29) is 0 Å². The molecule has 0 atom stereocenters. The third kappa shape index (κ3) is 3.91. The quantitative estimate of drug-likeness (QED) is 0.801. The summed E-state index contributed by atoms with van der Waals surface area (Å²) in [6, 6.07) is 12.1. The Morgan fingerprint density at radius 1 is 1.14 bits per heavy atom. The predicted octanol–water partition coefficient (Wildman–Crippen LogP) is 5.35. The Bertz CT molecular complexity index is 653. The molecule has 0 heterocycles. The molecule has 21 heavy (non-hydrogen) atoms. The van der Waals surface area contributed by atoms with Crippen LogP contribution in [-0.2, 0) is 6.54 Å². The van der Waals surface area contributed by atoms with Gasteiger partial charge in [-0.3, -0.25) is 0 Å². The molecule has 0 spiro atoms. The lowest BCUT2D eigenvalue weighted by atomic mass is 10.2. The van der Waals surface area contributed by atoms with E-state index in [1.807, 2.05) is 43.3 Å². The molecule has 0 amide bonds. The molecule has 0 unspecified atom stereocenters. The van der Waals surface area contributed by atoms with Crippen LogP contribution in [0.25, 0.3) is 0 Å². The highest BCUT2D eigenvalue weighted by Crippen LogP contribution is 2.31. The Labute approximate surface area is 135 Å². The first-order chi connectivity index (χ1) is 10.1. The van der Waals surface area contributed by atoms with Gasteiger partial charge in [0.2, 0.25) is 0 Å². The Kier molecular flexibility index (Phi) is 4.39. The minimum absolute atomic E-state index is 0.659. The number of ether oxygens (including phenoxy) is 1. The summed E-state index contributed by atoms with van der Waals surface area (Å²) in [6.07, 6.45) is 2.54. The van der Waals surface area contributed by atoms with Crippen LogP contribution in [0.3, 0.4) is 0 Å². The van der Waals surface area contributed by atoms with Crippen molar-refractivity contribution in [1.82, 2.24) is 5.32 Å². The second-order valence-corrected chi connectivity index (χ2v) is 6.26. The normalized spacial score (nSPS) is 14.2. The predicted molar refractivity (Wildman–Crippen MR) is 87.6 cm³/mol. The topological polar surface area (TPSA) is 21.3 Å². The van der Waals surface area contributed by atoms with Gasteiger partial charge >= 0.3 is 0 Å². The molecule has 1 aliphatic carbocycles. The lowest BCUT2D eigenvalue weighted by molar-refractivity contribution is 0.478. The number of halogens is 2. The maximum atomic E-state index is 6.32. The molecular formula is C17H17Cl2NO. The fraction of sp³-hybridized carbons (Fsp3) is 0.294. The summed E-state index contributed by atoms with van der Waals surface area (Å²) in [5.41, 5.74) is 2.13. The minimum atomic E-state index is 0.659. The van der Waals surface area contributed by atoms with Gasteiger partial charge in [0.15, 0.2) is 0 Å². The van der Waals surface area contributed by atoms with Crippen LogP contribution in [0.5, 0.6) is 11.5 Å². The summed E-state index contributed by atoms with van der Waals surface area (Å²) < 4.78 is 5.87. The summed E-state index contributed by atoms with van der Waals surface area (Å²) in [5.74, 6) is 1.47. The second-order valence-electron chi connectivity index (χ2n) is 5.42. The van der Waals surface area contributed by atoms with Crippen LogP contribution in [0.15, 0.2) is 36.4 Å². The van der Waals surface area contributed by atoms with Crippen LogP contribution >= 0.6 is 23.2 Å². The smallest absolute Gasteiger partial charge is 0.131 e. The first-order valence-electron chi connectivity index (χ1n) is 7.07. The van der Waals surface area contributed by atoms with Crippen LogP contribution in [0.1, 0.15) is 24.0 Å². The molecule has 0 radical (unpaired) electrons. The Hall–Kier alpha value is -1.22. The lowest BCUT2D eigenvalue weighted by Crippen LogP contribution is -2.15. The Morgan fingerprint density at radius 3 is 2.67 bits per heavy atom. The summed E-state index contributed by atoms with van der Waals surface area (Å²) in [7, 11) is 0. The van der Waals surface area contributed by atoms with Crippen LogP contribution in [0, 0.1) is 6.92 Å². The number of hydrogen-bond donors (Lipinski definition) is 1. The van der Waals surface area contributed by atoms with Gasteiger partial charge in [0.25, 0.3) is 0 Å². The number of nitrogens with one attached hydrogen (secondary N) is 1. The molecule has 1 saturated carbocycles. The zero-order chi connectivity index (χ0) is 14.8. The molecule has 3 rings (SSSR count). The summed E-state index contributed by atoms with van der Waals surface area (Å²) in [5, 5.41) is 4.84. The molecule has 1 N–H and O–H groups in total. The third-order valence-electron chi connectivity index (χ3n) is 3.56. The number of benzene rings is 2. The van der Waals surface area contributed by atoms with Crippen molar-refractivity contribution in [3.05, 3.63) is 57.6 Å². The molecule has 2 aromatic rings. The highest BCUT2D eigenvalue weighted by Gasteiger charge is 2.20. The van der Waals surface area contributed by atoms with Crippen LogP contribution in [0.4, 0.5) is 0 Å². The van der Waals surface area contributed by atoms with Gasteiger partial charge < -0.3 is 10.1 Å². The SMILES string of the molecule is Cc1ccc(Cl)cc1Oc1ccc(CNC2CC2)c(Cl)c1. The van der Waals surface area contributed by atoms with E-state index in [1.54, 1.807) is 0 Å². The maximum Gasteiger partial charge on any atom is 0.131 e. The van der Waals surface area contributed by atoms with E-state index in [0.717, 1.165) is 34.2 Å². The summed E-state index contributed by atoms with van der Waals surface area (Å²) >= 11 is 12.3. The Balaban J connectivity index is 1.73. The number of aryl methyl sites for hydroxylation is 1. The monoisotopic (exact) mass is 321 g/mol. The third-order valence-corrected chi connectivity index (χ3v) is 4.15. The van der Waals surface area contributed by atoms with E-state index in [4.69, 9.17) is 27.9 Å². The van der Waals surface area contributed by atoms with Crippen molar-refractivity contribution in [2.75, 3.05) is 0 Å². The summed E-state index contributed by atoms with van der Waals surface area (Å²) in [6.45, 7) is 2.79. The van der Waals surface area contributed by atoms with E-state index in [0.29, 0.717) is 11.1 Å². The zero-order valence-electron chi connectivity index (χ0n) is 11.8. The van der Waals surface area contributed by atoms with Crippen molar-refractivity contribution in [3.8, 4) is 11.5 Å². The van der Waals surface area contributed by atoms with Gasteiger partial charge in [-0.1, -0.05) is 35.3 Å². The molecule has 2 aromatic carbocycles. The fourth-order valence-corrected chi connectivity index (χ4v) is 2.49. The van der Waals surface area contributed by atoms with Gasteiger partial charge in [-0.15, -0.1) is 0 Å². The van der Waals surface area contributed by atoms with Crippen molar-refractivity contribution < 1.29 is 4.74 Å². The van der Waals surface area contributed by atoms with Gasteiger partial charge in [0.1, 0.15) is 11.5 Å². The molecule has 2 nitrogen and oxygen atoms in total. The van der Waals surface area contributed by atoms with E-state index in [2.05, 4.69) is 5.32 Å². The van der Waals surface area contributed by atoms with Gasteiger partial charge in [-0.2, -0.15) is 0 Å². The van der Waals surface area contributed by atoms with Gasteiger partial charge in [-0.25, -0.2) is 0 Å². The van der Waals surface area contributed by atoms with Crippen molar-refractivity contribution in [2.24, 2.45) is 0 Å². The highest BCUT2D eigenvalue weighted by molar-refractivity contribution is 6.31. The van der Waals surface area contributed by atoms with Gasteiger partial charge in [-0.05, 0) is 55.2 Å². The van der Waals surface area contributed by atoms with Crippen molar-refractivity contribution in [1.29, 1.82) is 0 Å². The van der Waals surface area contributed by atoms with E-state index in [1.165, 1.54) is 12.8 Å². The average Bonchev–Trinajstić information content (AvgIpc) is 3.26. The van der Waals surface area contributed by atoms with Crippen molar-refractivity contribution >= 4 is 23.2 Å². The molecule has 0 bridgehead atoms. The largest absolute Gasteiger partial charge is 0.457 e. The summed E-state index contributed by atoms with van der Waals surface area (Å²) in [4.78, 5) is 0. The molecular weight excluding hydrogens is 305 g/mol. The molecule has 1 aliphatic rings. The molecule has 0 saturated heterocycles. The molecule has 110 valence electrons. The molecule has 1 fully saturated rings. The average molecular weight is 322 g/mol. The highest BCUT2D eigenvalue weighted by atomic mass is 35.5. The van der Waals surface area contributed by atoms with Gasteiger partial charge in [0, 0.05) is 22.6 Å². The fourth-order valence-electron chi connectivity index (χ4n) is 2.09. The maximum absolute atomic E-state index is 6.32. The van der Waals surface area contributed by atoms with Crippen LogP contribution in [-0.4, -0.2) is 6.04 Å². The zero-order valence-corrected chi connectivity index (χ0v) is 13.3. The van der Waals surface area contributed by atoms with E-state index >= 15 is 0 Å². The van der Waals surface area contributed by atoms with Crippen molar-refractivity contribution in [2.45, 2.75) is 32.4 Å². The first-order valence-corrected chi connectivity index (χ1v) is 7.83. The number of hydrogen-bond acceptors (Lipinski definition) is 2. The van der Waals surface area contributed by atoms with Crippen molar-refractivity contribution in [3.63, 3.8) is 0 Å². The lowest BCUT2D eigenvalue weighted by Gasteiger charge is -2.11. The second kappa shape index (κ2) is 6.27. The standard InChI is InChI=1S/C17H17Cl2NO/c1-11-2-4-13(18)8-17(11)21-15-7-3-12(16(19)9-15)10-20-14-5-6-14/h2-4,7-9,14,20H,5-6,10H2,1H3. The number of rotatable bonds is 5. The Morgan fingerprint density at radius 2 is 1.95 bits per heavy atom. The molecule has 4 heteroatoms. The minimum Gasteiger partial charge on any atom is -0.457 e. The molecule has 0 aliphatic heterocycles. The van der Waals surface area contributed by atoms with Crippen LogP contribution in [0.2, 0.25) is 10.0 Å². The van der Waals surface area contributed by atoms with E-state index < -0.39 is 0 Å². The first kappa shape index (κ1) is 14.7. The van der Waals surface area contributed by atoms with Crippen LogP contribution < -0.4 is 10.1 Å². The van der Waals surface area contributed by atoms with E-state index in [9.17, 15) is 0 Å². The molecule has 0 aromatic heterocycles. The van der Waals surface area contributed by atoms with Gasteiger partial charge in [0.05, 0.1) is 0 Å².